The summed E-state index contributed by atoms with van der Waals surface area (Å²) in [6, 6.07) is 9.06. The molecule has 7 nitrogen and oxygen atoms in total. The second-order valence-electron chi connectivity index (χ2n) is 6.89. The van der Waals surface area contributed by atoms with Gasteiger partial charge in [0.2, 0.25) is 0 Å². The molecule has 9 heteroatoms. The van der Waals surface area contributed by atoms with E-state index in [9.17, 15) is 9.59 Å². The van der Waals surface area contributed by atoms with Gasteiger partial charge in [-0.05, 0) is 45.0 Å². The van der Waals surface area contributed by atoms with E-state index >= 15 is 0 Å². The summed E-state index contributed by atoms with van der Waals surface area (Å²) in [5.74, 6) is 0.173. The molecule has 0 spiro atoms. The number of fused-ring (bicyclic) bond motifs is 1. The van der Waals surface area contributed by atoms with Crippen molar-refractivity contribution in [2.24, 2.45) is 0 Å². The fourth-order valence-corrected chi connectivity index (χ4v) is 4.47. The first-order valence-corrected chi connectivity index (χ1v) is 10.8. The van der Waals surface area contributed by atoms with Crippen LogP contribution in [0.4, 0.5) is 0 Å². The Morgan fingerprint density at radius 3 is 2.77 bits per heavy atom. The Balaban J connectivity index is 1.63. The normalized spacial score (nSPS) is 11.3. The number of aromatic amines is 1. The Kier molecular flexibility index (Phi) is 5.53. The van der Waals surface area contributed by atoms with Gasteiger partial charge in [0.05, 0.1) is 17.6 Å². The number of carbonyl (C=O) groups excluding carboxylic acids is 1. The number of halogens is 1. The predicted octanol–water partition coefficient (Wildman–Crippen LogP) is 4.18. The number of hydrogen-bond donors (Lipinski definition) is 1. The van der Waals surface area contributed by atoms with E-state index in [-0.39, 0.29) is 17.1 Å². The van der Waals surface area contributed by atoms with Crippen molar-refractivity contribution in [2.45, 2.75) is 32.5 Å². The predicted molar refractivity (Wildman–Crippen MR) is 119 cm³/mol. The van der Waals surface area contributed by atoms with Crippen LogP contribution in [0.3, 0.4) is 0 Å². The van der Waals surface area contributed by atoms with Crippen LogP contribution in [0.1, 0.15) is 28.7 Å². The molecule has 4 rings (SSSR count). The number of aromatic nitrogens is 5. The number of benzene rings is 1. The number of rotatable bonds is 6. The van der Waals surface area contributed by atoms with Gasteiger partial charge >= 0.3 is 0 Å². The summed E-state index contributed by atoms with van der Waals surface area (Å²) >= 11 is 7.28. The SMILES string of the molecule is CCn1c(C)cc(C(=O)CSc2nc3c(cnn3-c3cccc(Cl)c3)c(=O)[nH]2)c1C. The van der Waals surface area contributed by atoms with Crippen molar-refractivity contribution < 1.29 is 4.79 Å². The standard InChI is InChI=1S/C21H20ClN5O2S/c1-4-26-12(2)8-16(13(26)3)18(28)11-30-21-24-19-17(20(29)25-21)10-23-27(19)15-7-5-6-14(22)9-15/h5-10H,4,11H2,1-3H3,(H,24,25,29). The molecule has 0 saturated heterocycles. The van der Waals surface area contributed by atoms with Gasteiger partial charge in [0.1, 0.15) is 5.39 Å². The van der Waals surface area contributed by atoms with Crippen molar-refractivity contribution in [1.29, 1.82) is 0 Å². The summed E-state index contributed by atoms with van der Waals surface area (Å²) in [7, 11) is 0. The van der Waals surface area contributed by atoms with Crippen LogP contribution in [0.25, 0.3) is 16.7 Å². The number of H-pyrrole nitrogens is 1. The van der Waals surface area contributed by atoms with Crippen molar-refractivity contribution in [3.8, 4) is 5.69 Å². The Hall–Kier alpha value is -2.84. The highest BCUT2D eigenvalue weighted by Crippen LogP contribution is 2.22. The number of ketones is 1. The molecule has 1 N–H and O–H groups in total. The van der Waals surface area contributed by atoms with Crippen molar-refractivity contribution in [3.05, 3.63) is 68.9 Å². The van der Waals surface area contributed by atoms with Gasteiger partial charge in [-0.2, -0.15) is 5.10 Å². The van der Waals surface area contributed by atoms with Crippen LogP contribution >= 0.6 is 23.4 Å². The average Bonchev–Trinajstić information content (AvgIpc) is 3.27. The van der Waals surface area contributed by atoms with Gasteiger partial charge in [-0.15, -0.1) is 0 Å². The van der Waals surface area contributed by atoms with Gasteiger partial charge in [-0.1, -0.05) is 29.4 Å². The molecule has 0 radical (unpaired) electrons. The lowest BCUT2D eigenvalue weighted by Crippen LogP contribution is -2.11. The molecular weight excluding hydrogens is 422 g/mol. The van der Waals surface area contributed by atoms with Crippen molar-refractivity contribution in [2.75, 3.05) is 5.75 Å². The smallest absolute Gasteiger partial charge is 0.262 e. The fourth-order valence-electron chi connectivity index (χ4n) is 3.55. The molecule has 4 aromatic rings. The number of hydrogen-bond acceptors (Lipinski definition) is 5. The molecule has 0 aliphatic heterocycles. The van der Waals surface area contributed by atoms with Crippen LogP contribution in [0.15, 0.2) is 46.5 Å². The van der Waals surface area contributed by atoms with Crippen LogP contribution < -0.4 is 5.56 Å². The number of nitrogens with one attached hydrogen (secondary N) is 1. The number of Topliss-reactive ketones (excluding diaryl/α,β-unsaturated/α-hetero) is 1. The molecule has 3 heterocycles. The van der Waals surface area contributed by atoms with Crippen LogP contribution in [0, 0.1) is 13.8 Å². The van der Waals surface area contributed by atoms with E-state index in [1.165, 1.54) is 18.0 Å². The summed E-state index contributed by atoms with van der Waals surface area (Å²) < 4.78 is 3.67. The number of thioether (sulfide) groups is 1. The minimum Gasteiger partial charge on any atom is -0.349 e. The third-order valence-corrected chi connectivity index (χ3v) is 6.11. The Bertz CT molecular complexity index is 1320. The lowest BCUT2D eigenvalue weighted by atomic mass is 10.2. The van der Waals surface area contributed by atoms with Crippen LogP contribution in [-0.2, 0) is 6.54 Å². The van der Waals surface area contributed by atoms with Crippen LogP contribution in [0.2, 0.25) is 5.02 Å². The fraction of sp³-hybridized carbons (Fsp3) is 0.238. The van der Waals surface area contributed by atoms with Crippen molar-refractivity contribution >= 4 is 40.2 Å². The van der Waals surface area contributed by atoms with Gasteiger partial charge in [-0.3, -0.25) is 9.59 Å². The molecule has 0 amide bonds. The molecule has 0 aliphatic carbocycles. The van der Waals surface area contributed by atoms with Crippen molar-refractivity contribution in [1.82, 2.24) is 24.3 Å². The van der Waals surface area contributed by atoms with Gasteiger partial charge in [-0.25, -0.2) is 9.67 Å². The Morgan fingerprint density at radius 1 is 1.27 bits per heavy atom. The summed E-state index contributed by atoms with van der Waals surface area (Å²) in [5.41, 5.74) is 3.54. The molecule has 1 aromatic carbocycles. The van der Waals surface area contributed by atoms with Gasteiger partial charge in [0.25, 0.3) is 5.56 Å². The molecule has 0 aliphatic rings. The molecular formula is C21H20ClN5O2S. The number of aryl methyl sites for hydroxylation is 1. The highest BCUT2D eigenvalue weighted by Gasteiger charge is 2.17. The van der Waals surface area contributed by atoms with E-state index < -0.39 is 0 Å². The lowest BCUT2D eigenvalue weighted by Gasteiger charge is -2.06. The summed E-state index contributed by atoms with van der Waals surface area (Å²) in [4.78, 5) is 32.5. The minimum atomic E-state index is -0.299. The van der Waals surface area contributed by atoms with Crippen LogP contribution in [-0.4, -0.2) is 35.9 Å². The molecule has 154 valence electrons. The molecule has 30 heavy (non-hydrogen) atoms. The zero-order chi connectivity index (χ0) is 21.4. The zero-order valence-electron chi connectivity index (χ0n) is 16.8. The van der Waals surface area contributed by atoms with Crippen LogP contribution in [0.5, 0.6) is 0 Å². The lowest BCUT2D eigenvalue weighted by molar-refractivity contribution is 0.102. The van der Waals surface area contributed by atoms with E-state index in [4.69, 9.17) is 11.6 Å². The maximum Gasteiger partial charge on any atom is 0.262 e. The van der Waals surface area contributed by atoms with Crippen molar-refractivity contribution in [3.63, 3.8) is 0 Å². The molecule has 0 atom stereocenters. The largest absolute Gasteiger partial charge is 0.349 e. The molecule has 0 bridgehead atoms. The molecule has 0 saturated carbocycles. The Morgan fingerprint density at radius 2 is 2.07 bits per heavy atom. The van der Waals surface area contributed by atoms with E-state index in [0.717, 1.165) is 17.9 Å². The second kappa shape index (κ2) is 8.12. The van der Waals surface area contributed by atoms with E-state index in [1.54, 1.807) is 22.9 Å². The summed E-state index contributed by atoms with van der Waals surface area (Å²) in [5, 5.41) is 5.58. The topological polar surface area (TPSA) is 85.6 Å². The molecule has 3 aromatic heterocycles. The molecule has 0 unspecified atom stereocenters. The minimum absolute atomic E-state index is 0.00102. The zero-order valence-corrected chi connectivity index (χ0v) is 18.3. The summed E-state index contributed by atoms with van der Waals surface area (Å²) in [6.45, 7) is 6.81. The number of carbonyl (C=O) groups is 1. The highest BCUT2D eigenvalue weighted by atomic mass is 35.5. The third-order valence-electron chi connectivity index (χ3n) is 5.00. The molecule has 0 fully saturated rings. The summed E-state index contributed by atoms with van der Waals surface area (Å²) in [6.07, 6.45) is 1.47. The Labute approximate surface area is 182 Å². The highest BCUT2D eigenvalue weighted by molar-refractivity contribution is 7.99. The number of nitrogens with zero attached hydrogens (tertiary/aromatic N) is 4. The first kappa shape index (κ1) is 20.4. The quantitative estimate of drug-likeness (QED) is 0.275. The maximum atomic E-state index is 12.8. The van der Waals surface area contributed by atoms with Gasteiger partial charge in [0.15, 0.2) is 16.6 Å². The maximum absolute atomic E-state index is 12.8. The van der Waals surface area contributed by atoms with Gasteiger partial charge < -0.3 is 9.55 Å². The van der Waals surface area contributed by atoms with E-state index in [2.05, 4.69) is 26.6 Å². The first-order valence-electron chi connectivity index (χ1n) is 9.45. The first-order chi connectivity index (χ1) is 14.4. The van der Waals surface area contributed by atoms with E-state index in [1.807, 2.05) is 26.0 Å². The second-order valence-corrected chi connectivity index (χ2v) is 8.29. The monoisotopic (exact) mass is 441 g/mol. The van der Waals surface area contributed by atoms with E-state index in [0.29, 0.717) is 32.5 Å². The average molecular weight is 442 g/mol. The third kappa shape index (κ3) is 3.68. The van der Waals surface area contributed by atoms with Gasteiger partial charge in [0, 0.05) is 28.5 Å².